The lowest BCUT2D eigenvalue weighted by atomic mass is 10.0. The van der Waals surface area contributed by atoms with Gasteiger partial charge in [0, 0.05) is 22.1 Å². The number of hydrogen-bond acceptors (Lipinski definition) is 2. The number of aromatic nitrogens is 2. The number of nitrogens with two attached hydrogens (primary N) is 1. The fourth-order valence-corrected chi connectivity index (χ4v) is 3.30. The molecule has 0 radical (unpaired) electrons. The molecule has 0 fully saturated rings. The number of pyridine rings is 1. The van der Waals surface area contributed by atoms with Crippen molar-refractivity contribution < 1.29 is 0 Å². The molecule has 0 aliphatic heterocycles. The maximum atomic E-state index is 6.28. The van der Waals surface area contributed by atoms with E-state index in [2.05, 4.69) is 35.1 Å². The normalized spacial score (nSPS) is 11.3. The smallest absolute Gasteiger partial charge is 0.0867 e. The van der Waals surface area contributed by atoms with Crippen molar-refractivity contribution in [3.8, 4) is 11.4 Å². The van der Waals surface area contributed by atoms with E-state index in [0.29, 0.717) is 0 Å². The molecule has 4 heteroatoms. The molecule has 0 amide bonds. The number of aromatic amines is 1. The van der Waals surface area contributed by atoms with Crippen LogP contribution in [-0.4, -0.2) is 16.5 Å². The Morgan fingerprint density at radius 2 is 2.00 bits per heavy atom. The molecule has 2 heterocycles. The first kappa shape index (κ1) is 16.0. The Morgan fingerprint density at radius 1 is 1.17 bits per heavy atom. The van der Waals surface area contributed by atoms with Gasteiger partial charge in [-0.15, -0.1) is 0 Å². The van der Waals surface area contributed by atoms with Gasteiger partial charge in [0.1, 0.15) is 0 Å². The van der Waals surface area contributed by atoms with Crippen LogP contribution in [0.3, 0.4) is 0 Å². The Kier molecular flexibility index (Phi) is 4.69. The number of H-pyrrole nitrogens is 1. The fraction of sp³-hybridized carbons (Fsp3) is 0.316. The lowest BCUT2D eigenvalue weighted by molar-refractivity contribution is 0.748. The molecular formula is C19H22ClN3. The lowest BCUT2D eigenvalue weighted by Gasteiger charge is -2.05. The van der Waals surface area contributed by atoms with Crippen LogP contribution in [0.4, 0.5) is 0 Å². The van der Waals surface area contributed by atoms with Gasteiger partial charge in [-0.2, -0.15) is 0 Å². The molecule has 0 aliphatic rings. The van der Waals surface area contributed by atoms with E-state index in [1.165, 1.54) is 10.9 Å². The van der Waals surface area contributed by atoms with Crippen molar-refractivity contribution in [2.75, 3.05) is 6.54 Å². The number of nitrogens with one attached hydrogen (secondary N) is 1. The number of fused-ring (bicyclic) bond motifs is 1. The zero-order valence-corrected chi connectivity index (χ0v) is 14.4. The summed E-state index contributed by atoms with van der Waals surface area (Å²) >= 11 is 6.28. The van der Waals surface area contributed by atoms with Gasteiger partial charge in [-0.1, -0.05) is 17.7 Å². The van der Waals surface area contributed by atoms with E-state index < -0.39 is 0 Å². The summed E-state index contributed by atoms with van der Waals surface area (Å²) in [7, 11) is 0. The maximum Gasteiger partial charge on any atom is 0.0867 e. The minimum absolute atomic E-state index is 0.722. The third-order valence-electron chi connectivity index (χ3n) is 4.23. The van der Waals surface area contributed by atoms with E-state index in [1.54, 1.807) is 0 Å². The van der Waals surface area contributed by atoms with E-state index >= 15 is 0 Å². The summed E-state index contributed by atoms with van der Waals surface area (Å²) in [5.41, 5.74) is 12.5. The molecule has 0 saturated carbocycles. The van der Waals surface area contributed by atoms with Crippen LogP contribution in [0, 0.1) is 13.8 Å². The summed E-state index contributed by atoms with van der Waals surface area (Å²) in [5, 5.41) is 1.97. The largest absolute Gasteiger partial charge is 0.353 e. The summed E-state index contributed by atoms with van der Waals surface area (Å²) < 4.78 is 0. The quantitative estimate of drug-likeness (QED) is 0.662. The zero-order chi connectivity index (χ0) is 16.4. The molecular weight excluding hydrogens is 306 g/mol. The van der Waals surface area contributed by atoms with Crippen LogP contribution in [0.5, 0.6) is 0 Å². The highest BCUT2D eigenvalue weighted by molar-refractivity contribution is 6.31. The Bertz CT molecular complexity index is 819. The molecule has 0 atom stereocenters. The van der Waals surface area contributed by atoms with Gasteiger partial charge >= 0.3 is 0 Å². The van der Waals surface area contributed by atoms with E-state index in [1.807, 2.05) is 19.2 Å². The third kappa shape index (κ3) is 3.26. The predicted octanol–water partition coefficient (Wildman–Crippen LogP) is 4.78. The van der Waals surface area contributed by atoms with Gasteiger partial charge < -0.3 is 10.7 Å². The number of unbranched alkanes of at least 4 members (excludes halogenated alkanes) is 1. The Labute approximate surface area is 141 Å². The molecule has 2 aromatic heterocycles. The van der Waals surface area contributed by atoms with Gasteiger partial charge in [-0.3, -0.25) is 4.98 Å². The van der Waals surface area contributed by atoms with Crippen LogP contribution in [0.2, 0.25) is 5.02 Å². The third-order valence-corrected chi connectivity index (χ3v) is 4.44. The van der Waals surface area contributed by atoms with Crippen LogP contribution in [0.1, 0.15) is 29.5 Å². The topological polar surface area (TPSA) is 54.7 Å². The molecule has 3 aromatic rings. The summed E-state index contributed by atoms with van der Waals surface area (Å²) in [6.45, 7) is 4.86. The van der Waals surface area contributed by atoms with Crippen LogP contribution in [-0.2, 0) is 6.42 Å². The SMILES string of the molecule is Cc1ccc(-c2[nH]c3c(C)cc(Cl)cc3c2CCCCN)nc1. The summed E-state index contributed by atoms with van der Waals surface area (Å²) in [6, 6.07) is 8.22. The Hall–Kier alpha value is -1.84. The van der Waals surface area contributed by atoms with Crippen LogP contribution < -0.4 is 5.73 Å². The van der Waals surface area contributed by atoms with E-state index in [4.69, 9.17) is 17.3 Å². The monoisotopic (exact) mass is 327 g/mol. The van der Waals surface area contributed by atoms with Gasteiger partial charge in [0.2, 0.25) is 0 Å². The van der Waals surface area contributed by atoms with Crippen LogP contribution in [0.25, 0.3) is 22.3 Å². The Balaban J connectivity index is 2.16. The van der Waals surface area contributed by atoms with Crippen molar-refractivity contribution in [3.05, 3.63) is 52.2 Å². The summed E-state index contributed by atoms with van der Waals surface area (Å²) in [6.07, 6.45) is 4.97. The van der Waals surface area contributed by atoms with Crippen molar-refractivity contribution in [1.82, 2.24) is 9.97 Å². The molecule has 0 aliphatic carbocycles. The number of halogens is 1. The van der Waals surface area contributed by atoms with Gasteiger partial charge in [-0.05, 0) is 74.5 Å². The van der Waals surface area contributed by atoms with Gasteiger partial charge in [-0.25, -0.2) is 0 Å². The van der Waals surface area contributed by atoms with E-state index in [-0.39, 0.29) is 0 Å². The fourth-order valence-electron chi connectivity index (χ4n) is 3.02. The number of aryl methyl sites for hydroxylation is 3. The molecule has 0 saturated heterocycles. The summed E-state index contributed by atoms with van der Waals surface area (Å²) in [5.74, 6) is 0. The number of nitrogens with zero attached hydrogens (tertiary/aromatic N) is 1. The van der Waals surface area contributed by atoms with Gasteiger partial charge in [0.15, 0.2) is 0 Å². The molecule has 23 heavy (non-hydrogen) atoms. The van der Waals surface area contributed by atoms with Crippen molar-refractivity contribution in [2.24, 2.45) is 5.73 Å². The maximum absolute atomic E-state index is 6.28. The molecule has 3 N–H and O–H groups in total. The second-order valence-electron chi connectivity index (χ2n) is 6.09. The van der Waals surface area contributed by atoms with Crippen molar-refractivity contribution >= 4 is 22.5 Å². The molecule has 0 bridgehead atoms. The molecule has 120 valence electrons. The highest BCUT2D eigenvalue weighted by Gasteiger charge is 2.15. The molecule has 3 nitrogen and oxygen atoms in total. The highest BCUT2D eigenvalue weighted by Crippen LogP contribution is 2.34. The number of rotatable bonds is 5. The van der Waals surface area contributed by atoms with Crippen molar-refractivity contribution in [3.63, 3.8) is 0 Å². The van der Waals surface area contributed by atoms with Gasteiger partial charge in [0.25, 0.3) is 0 Å². The summed E-state index contributed by atoms with van der Waals surface area (Å²) in [4.78, 5) is 8.17. The second-order valence-corrected chi connectivity index (χ2v) is 6.53. The van der Waals surface area contributed by atoms with Crippen molar-refractivity contribution in [2.45, 2.75) is 33.1 Å². The second kappa shape index (κ2) is 6.73. The highest BCUT2D eigenvalue weighted by atomic mass is 35.5. The minimum atomic E-state index is 0.722. The lowest BCUT2D eigenvalue weighted by Crippen LogP contribution is -1.99. The first-order valence-electron chi connectivity index (χ1n) is 8.04. The van der Waals surface area contributed by atoms with Gasteiger partial charge in [0.05, 0.1) is 11.4 Å². The molecule has 0 spiro atoms. The first-order chi connectivity index (χ1) is 11.1. The molecule has 0 unspecified atom stereocenters. The first-order valence-corrected chi connectivity index (χ1v) is 8.41. The molecule has 1 aromatic carbocycles. The number of hydrogen-bond donors (Lipinski definition) is 2. The average molecular weight is 328 g/mol. The van der Waals surface area contributed by atoms with E-state index in [0.717, 1.165) is 58.9 Å². The predicted molar refractivity (Wildman–Crippen MR) is 98.0 cm³/mol. The minimum Gasteiger partial charge on any atom is -0.353 e. The standard InChI is InChI=1S/C19H22ClN3/c1-12-6-7-17(22-11-12)19-15(5-3-4-8-21)16-10-14(20)9-13(2)18(16)23-19/h6-7,9-11,23H,3-5,8,21H2,1-2H3. The van der Waals surface area contributed by atoms with Crippen LogP contribution in [0.15, 0.2) is 30.5 Å². The van der Waals surface area contributed by atoms with Crippen molar-refractivity contribution in [1.29, 1.82) is 0 Å². The van der Waals surface area contributed by atoms with Crippen LogP contribution >= 0.6 is 11.6 Å². The zero-order valence-electron chi connectivity index (χ0n) is 13.6. The Morgan fingerprint density at radius 3 is 2.70 bits per heavy atom. The van der Waals surface area contributed by atoms with E-state index in [9.17, 15) is 0 Å². The number of benzene rings is 1. The molecule has 3 rings (SSSR count). The average Bonchev–Trinajstić information content (AvgIpc) is 2.87.